The number of benzene rings is 5. The lowest BCUT2D eigenvalue weighted by Crippen LogP contribution is -2.25. The topological polar surface area (TPSA) is 75.2 Å². The first kappa shape index (κ1) is 22.8. The van der Waals surface area contributed by atoms with Gasteiger partial charge in [0.25, 0.3) is 5.56 Å². The lowest BCUT2D eigenvalue weighted by Gasteiger charge is -2.19. The molecule has 0 spiro atoms. The predicted molar refractivity (Wildman–Crippen MR) is 148 cm³/mol. The van der Waals surface area contributed by atoms with E-state index in [4.69, 9.17) is 4.74 Å². The van der Waals surface area contributed by atoms with Crippen LogP contribution in [0.5, 0.6) is 5.75 Å². The molecular weight excluding hydrogens is 460 g/mol. The van der Waals surface area contributed by atoms with Crippen LogP contribution in [0, 0.1) is 11.3 Å². The molecular formula is C32H24N2O3. The minimum Gasteiger partial charge on any atom is -0.497 e. The summed E-state index contributed by atoms with van der Waals surface area (Å²) in [4.78, 5) is 13.7. The van der Waals surface area contributed by atoms with Gasteiger partial charge in [-0.25, -0.2) is 0 Å². The second-order valence-electron chi connectivity index (χ2n) is 9.16. The number of hydrogen-bond donors (Lipinski definition) is 1. The standard InChI is InChI=1S/C32H24N2O3/c1-37-24-12-8-20(9-13-24)27-18-29(34(16-3-17-35)32(36)28(27)19-33)25-14-10-23-7-6-21-4-2-5-22-11-15-26(25)31(23)30(21)22/h2,4-15,18,35H,3,16-17H2,1H3. The van der Waals surface area contributed by atoms with E-state index < -0.39 is 0 Å². The van der Waals surface area contributed by atoms with Gasteiger partial charge in [-0.05, 0) is 62.5 Å². The SMILES string of the molecule is COc1ccc(-c2cc(-c3ccc4ccc5cccc6ccc3c4c56)n(CCCO)c(=O)c2C#N)cc1. The van der Waals surface area contributed by atoms with Crippen LogP contribution in [-0.2, 0) is 6.54 Å². The van der Waals surface area contributed by atoms with Gasteiger partial charge in [0.15, 0.2) is 0 Å². The Labute approximate surface area is 213 Å². The fourth-order valence-corrected chi connectivity index (χ4v) is 5.39. The number of methoxy groups -OCH3 is 1. The van der Waals surface area contributed by atoms with Crippen LogP contribution in [0.3, 0.4) is 0 Å². The van der Waals surface area contributed by atoms with Crippen LogP contribution >= 0.6 is 0 Å². The molecule has 37 heavy (non-hydrogen) atoms. The first-order valence-corrected chi connectivity index (χ1v) is 12.2. The third-order valence-corrected chi connectivity index (χ3v) is 7.16. The summed E-state index contributed by atoms with van der Waals surface area (Å²) in [6.45, 7) is 0.261. The van der Waals surface area contributed by atoms with Crippen LogP contribution in [-0.4, -0.2) is 23.4 Å². The Balaban J connectivity index is 1.69. The number of aliphatic hydroxyl groups excluding tert-OH is 1. The quantitative estimate of drug-likeness (QED) is 0.280. The van der Waals surface area contributed by atoms with Crippen molar-refractivity contribution in [2.75, 3.05) is 13.7 Å². The molecule has 1 aromatic heterocycles. The number of aromatic nitrogens is 1. The highest BCUT2D eigenvalue weighted by atomic mass is 16.5. The first-order chi connectivity index (χ1) is 18.1. The van der Waals surface area contributed by atoms with Gasteiger partial charge in [-0.2, -0.15) is 5.26 Å². The summed E-state index contributed by atoms with van der Waals surface area (Å²) in [7, 11) is 1.60. The van der Waals surface area contributed by atoms with E-state index in [9.17, 15) is 15.2 Å². The van der Waals surface area contributed by atoms with Crippen LogP contribution < -0.4 is 10.3 Å². The number of pyridine rings is 1. The normalized spacial score (nSPS) is 11.4. The smallest absolute Gasteiger partial charge is 0.269 e. The van der Waals surface area contributed by atoms with Crippen LogP contribution in [0.1, 0.15) is 12.0 Å². The zero-order valence-corrected chi connectivity index (χ0v) is 20.4. The summed E-state index contributed by atoms with van der Waals surface area (Å²) in [5.41, 5.74) is 2.72. The van der Waals surface area contributed by atoms with Crippen molar-refractivity contribution < 1.29 is 9.84 Å². The van der Waals surface area contributed by atoms with Crippen molar-refractivity contribution in [3.63, 3.8) is 0 Å². The largest absolute Gasteiger partial charge is 0.497 e. The van der Waals surface area contributed by atoms with Crippen molar-refractivity contribution in [1.29, 1.82) is 5.26 Å². The first-order valence-electron chi connectivity index (χ1n) is 12.2. The minimum absolute atomic E-state index is 0.0491. The van der Waals surface area contributed by atoms with Gasteiger partial charge in [-0.3, -0.25) is 4.79 Å². The zero-order chi connectivity index (χ0) is 25.5. The van der Waals surface area contributed by atoms with E-state index in [-0.39, 0.29) is 17.7 Å². The van der Waals surface area contributed by atoms with Gasteiger partial charge in [-0.1, -0.05) is 66.7 Å². The van der Waals surface area contributed by atoms with Gasteiger partial charge in [0.1, 0.15) is 17.4 Å². The molecule has 0 fully saturated rings. The Morgan fingerprint density at radius 1 is 0.865 bits per heavy atom. The number of rotatable bonds is 6. The van der Waals surface area contributed by atoms with Crippen molar-refractivity contribution in [1.82, 2.24) is 4.57 Å². The summed E-state index contributed by atoms with van der Waals surface area (Å²) in [6, 6.07) is 30.4. The average Bonchev–Trinajstić information content (AvgIpc) is 2.95. The summed E-state index contributed by atoms with van der Waals surface area (Å²) < 4.78 is 6.92. The molecule has 0 amide bonds. The fourth-order valence-electron chi connectivity index (χ4n) is 5.39. The van der Waals surface area contributed by atoms with Crippen molar-refractivity contribution in [3.05, 3.63) is 101 Å². The van der Waals surface area contributed by atoms with Crippen LogP contribution in [0.4, 0.5) is 0 Å². The monoisotopic (exact) mass is 484 g/mol. The molecule has 5 heteroatoms. The van der Waals surface area contributed by atoms with E-state index in [1.165, 1.54) is 16.2 Å². The molecule has 180 valence electrons. The third-order valence-electron chi connectivity index (χ3n) is 7.16. The lowest BCUT2D eigenvalue weighted by atomic mass is 9.90. The van der Waals surface area contributed by atoms with E-state index in [1.54, 1.807) is 11.7 Å². The van der Waals surface area contributed by atoms with Crippen molar-refractivity contribution in [3.8, 4) is 34.2 Å². The highest BCUT2D eigenvalue weighted by molar-refractivity contribution is 6.25. The molecule has 0 unspecified atom stereocenters. The highest BCUT2D eigenvalue weighted by Crippen LogP contribution is 2.40. The number of aliphatic hydroxyl groups is 1. The molecule has 0 bridgehead atoms. The van der Waals surface area contributed by atoms with E-state index in [0.717, 1.165) is 33.0 Å². The third kappa shape index (κ3) is 3.62. The summed E-state index contributed by atoms with van der Waals surface area (Å²) in [6.07, 6.45) is 0.408. The molecule has 5 aromatic carbocycles. The fraction of sp³-hybridized carbons (Fsp3) is 0.125. The second-order valence-corrected chi connectivity index (χ2v) is 9.16. The second kappa shape index (κ2) is 9.09. The molecule has 0 aliphatic rings. The number of ether oxygens (including phenoxy) is 1. The average molecular weight is 485 g/mol. The zero-order valence-electron chi connectivity index (χ0n) is 20.4. The van der Waals surface area contributed by atoms with Crippen molar-refractivity contribution >= 4 is 32.3 Å². The maximum Gasteiger partial charge on any atom is 0.269 e. The van der Waals surface area contributed by atoms with Crippen molar-refractivity contribution in [2.45, 2.75) is 13.0 Å². The van der Waals surface area contributed by atoms with Gasteiger partial charge in [-0.15, -0.1) is 0 Å². The van der Waals surface area contributed by atoms with Crippen LogP contribution in [0.25, 0.3) is 54.7 Å². The van der Waals surface area contributed by atoms with E-state index >= 15 is 0 Å². The molecule has 6 rings (SSSR count). The molecule has 0 saturated carbocycles. The summed E-state index contributed by atoms with van der Waals surface area (Å²) >= 11 is 0. The Morgan fingerprint density at radius 2 is 1.54 bits per heavy atom. The maximum atomic E-state index is 13.7. The number of nitrogens with zero attached hydrogens (tertiary/aromatic N) is 2. The van der Waals surface area contributed by atoms with E-state index in [0.29, 0.717) is 24.3 Å². The molecule has 0 aliphatic heterocycles. The Hall–Kier alpha value is -4.66. The van der Waals surface area contributed by atoms with E-state index in [2.05, 4.69) is 60.7 Å². The van der Waals surface area contributed by atoms with Crippen LogP contribution in [0.15, 0.2) is 89.7 Å². The van der Waals surface area contributed by atoms with Gasteiger partial charge in [0.2, 0.25) is 0 Å². The Kier molecular flexibility index (Phi) is 5.60. The molecule has 1 heterocycles. The van der Waals surface area contributed by atoms with Gasteiger partial charge < -0.3 is 14.4 Å². The predicted octanol–water partition coefficient (Wildman–Crippen LogP) is 6.34. The molecule has 0 saturated heterocycles. The number of nitriles is 1. The molecule has 5 nitrogen and oxygen atoms in total. The lowest BCUT2D eigenvalue weighted by molar-refractivity contribution is 0.279. The van der Waals surface area contributed by atoms with Gasteiger partial charge in [0.05, 0.1) is 12.8 Å². The molecule has 1 N–H and O–H groups in total. The van der Waals surface area contributed by atoms with Gasteiger partial charge in [0, 0.05) is 24.3 Å². The van der Waals surface area contributed by atoms with Crippen LogP contribution in [0.2, 0.25) is 0 Å². The highest BCUT2D eigenvalue weighted by Gasteiger charge is 2.20. The molecule has 0 aliphatic carbocycles. The molecule has 0 radical (unpaired) electrons. The number of hydrogen-bond acceptors (Lipinski definition) is 4. The summed E-state index contributed by atoms with van der Waals surface area (Å²) in [5, 5.41) is 26.4. The molecule has 6 aromatic rings. The Morgan fingerprint density at radius 3 is 2.22 bits per heavy atom. The van der Waals surface area contributed by atoms with Crippen molar-refractivity contribution in [2.24, 2.45) is 0 Å². The summed E-state index contributed by atoms with van der Waals surface area (Å²) in [5.74, 6) is 0.700. The maximum absolute atomic E-state index is 13.7. The van der Waals surface area contributed by atoms with E-state index in [1.807, 2.05) is 30.3 Å². The Bertz CT molecular complexity index is 1860. The minimum atomic E-state index is -0.357. The molecule has 0 atom stereocenters. The van der Waals surface area contributed by atoms with Gasteiger partial charge >= 0.3 is 0 Å².